The summed E-state index contributed by atoms with van der Waals surface area (Å²) in [6.07, 6.45) is 0.546. The Morgan fingerprint density at radius 3 is 2.32 bits per heavy atom. The van der Waals surface area contributed by atoms with Crippen LogP contribution in [0.25, 0.3) is 5.76 Å². The van der Waals surface area contributed by atoms with Crippen LogP contribution < -0.4 is 0 Å². The summed E-state index contributed by atoms with van der Waals surface area (Å²) < 4.78 is 0. The lowest BCUT2D eigenvalue weighted by Gasteiger charge is -2.25. The Kier molecular flexibility index (Phi) is 5.78. The number of aromatic hydroxyl groups is 1. The average Bonchev–Trinajstić information content (AvgIpc) is 3.03. The molecule has 156 valence electrons. The van der Waals surface area contributed by atoms with Crippen LogP contribution in [0.3, 0.4) is 0 Å². The van der Waals surface area contributed by atoms with E-state index < -0.39 is 17.7 Å². The van der Waals surface area contributed by atoms with Crippen LogP contribution >= 0.6 is 11.6 Å². The highest BCUT2D eigenvalue weighted by atomic mass is 35.5. The summed E-state index contributed by atoms with van der Waals surface area (Å²) in [5.74, 6) is -1.70. The van der Waals surface area contributed by atoms with Gasteiger partial charge in [0.2, 0.25) is 0 Å². The van der Waals surface area contributed by atoms with E-state index in [1.54, 1.807) is 36.4 Å². The third kappa shape index (κ3) is 4.18. The molecular formula is C25H20ClNO4. The fourth-order valence-corrected chi connectivity index (χ4v) is 3.94. The predicted molar refractivity (Wildman–Crippen MR) is 119 cm³/mol. The van der Waals surface area contributed by atoms with E-state index in [0.717, 1.165) is 5.56 Å². The molecule has 3 aromatic rings. The second-order valence-electron chi connectivity index (χ2n) is 7.33. The lowest BCUT2D eigenvalue weighted by atomic mass is 9.95. The number of aliphatic hydroxyl groups is 1. The standard InChI is InChI=1S/C25H20ClNO4/c26-19-11-9-17(10-12-19)23(29)21-22(18-7-4-8-20(28)15-18)27(25(31)24(21)30)14-13-16-5-2-1-3-6-16/h1-12,15,22,28-29H,13-14H2. The fraction of sp³-hybridized carbons (Fsp3) is 0.120. The zero-order valence-electron chi connectivity index (χ0n) is 16.5. The molecule has 4 rings (SSSR count). The molecule has 1 fully saturated rings. The maximum absolute atomic E-state index is 13.0. The highest BCUT2D eigenvalue weighted by Gasteiger charge is 2.45. The minimum atomic E-state index is -0.813. The number of likely N-dealkylation sites (tertiary alicyclic amines) is 1. The normalized spacial score (nSPS) is 17.8. The van der Waals surface area contributed by atoms with Gasteiger partial charge in [0.05, 0.1) is 11.6 Å². The second-order valence-corrected chi connectivity index (χ2v) is 7.77. The van der Waals surface area contributed by atoms with Gasteiger partial charge in [-0.3, -0.25) is 9.59 Å². The van der Waals surface area contributed by atoms with E-state index in [-0.39, 0.29) is 23.6 Å². The Morgan fingerprint density at radius 1 is 0.935 bits per heavy atom. The zero-order chi connectivity index (χ0) is 22.0. The smallest absolute Gasteiger partial charge is 0.295 e. The molecule has 0 radical (unpaired) electrons. The number of nitrogens with zero attached hydrogens (tertiary/aromatic N) is 1. The molecule has 0 aliphatic carbocycles. The number of phenolic OH excluding ortho intramolecular Hbond substituents is 1. The highest BCUT2D eigenvalue weighted by molar-refractivity contribution is 6.46. The topological polar surface area (TPSA) is 77.8 Å². The number of ketones is 1. The summed E-state index contributed by atoms with van der Waals surface area (Å²) in [6, 6.07) is 21.6. The maximum atomic E-state index is 13.0. The summed E-state index contributed by atoms with van der Waals surface area (Å²) in [7, 11) is 0. The van der Waals surface area contributed by atoms with Crippen LogP contribution in [0.4, 0.5) is 0 Å². The fourth-order valence-electron chi connectivity index (χ4n) is 3.81. The SMILES string of the molecule is O=C1C(=O)N(CCc2ccccc2)C(c2cccc(O)c2)C1=C(O)c1ccc(Cl)cc1. The Bertz CT molecular complexity index is 1160. The molecule has 1 heterocycles. The lowest BCUT2D eigenvalue weighted by molar-refractivity contribution is -0.139. The molecule has 0 aromatic heterocycles. The first kappa shape index (κ1) is 20.7. The van der Waals surface area contributed by atoms with Crippen molar-refractivity contribution in [2.45, 2.75) is 12.5 Å². The third-order valence-electron chi connectivity index (χ3n) is 5.33. The van der Waals surface area contributed by atoms with Gasteiger partial charge in [-0.1, -0.05) is 54.1 Å². The number of hydrogen-bond acceptors (Lipinski definition) is 4. The number of Topliss-reactive ketones (excluding diaryl/α,β-unsaturated/α-hetero) is 1. The van der Waals surface area contributed by atoms with Crippen molar-refractivity contribution in [2.24, 2.45) is 0 Å². The number of carbonyl (C=O) groups is 2. The van der Waals surface area contributed by atoms with Crippen LogP contribution in [0.1, 0.15) is 22.7 Å². The minimum Gasteiger partial charge on any atom is -0.508 e. The molecule has 0 spiro atoms. The van der Waals surface area contributed by atoms with Crippen molar-refractivity contribution in [3.8, 4) is 5.75 Å². The molecule has 1 amide bonds. The Hall–Kier alpha value is -3.57. The number of halogens is 1. The van der Waals surface area contributed by atoms with E-state index in [2.05, 4.69) is 0 Å². The van der Waals surface area contributed by atoms with Crippen molar-refractivity contribution >= 4 is 29.1 Å². The van der Waals surface area contributed by atoms with Crippen molar-refractivity contribution in [1.29, 1.82) is 0 Å². The molecule has 31 heavy (non-hydrogen) atoms. The molecule has 0 bridgehead atoms. The van der Waals surface area contributed by atoms with Gasteiger partial charge in [0.25, 0.3) is 11.7 Å². The number of carbonyl (C=O) groups excluding carboxylic acids is 2. The molecule has 1 aliphatic heterocycles. The van der Waals surface area contributed by atoms with E-state index >= 15 is 0 Å². The zero-order valence-corrected chi connectivity index (χ0v) is 17.3. The Morgan fingerprint density at radius 2 is 1.65 bits per heavy atom. The van der Waals surface area contributed by atoms with Gasteiger partial charge in [0.15, 0.2) is 0 Å². The van der Waals surface area contributed by atoms with Gasteiger partial charge in [-0.15, -0.1) is 0 Å². The largest absolute Gasteiger partial charge is 0.508 e. The van der Waals surface area contributed by atoms with Crippen LogP contribution in [0.2, 0.25) is 5.02 Å². The van der Waals surface area contributed by atoms with Gasteiger partial charge in [0.1, 0.15) is 11.5 Å². The van der Waals surface area contributed by atoms with Crippen LogP contribution in [-0.4, -0.2) is 33.3 Å². The molecule has 5 nitrogen and oxygen atoms in total. The summed E-state index contributed by atoms with van der Waals surface area (Å²) in [5.41, 5.74) is 1.95. The minimum absolute atomic E-state index is 0.00835. The van der Waals surface area contributed by atoms with Crippen molar-refractivity contribution in [3.63, 3.8) is 0 Å². The summed E-state index contributed by atoms with van der Waals surface area (Å²) in [5, 5.41) is 21.5. The number of hydrogen-bond donors (Lipinski definition) is 2. The van der Waals surface area contributed by atoms with Crippen LogP contribution in [0.5, 0.6) is 5.75 Å². The number of rotatable bonds is 5. The third-order valence-corrected chi connectivity index (χ3v) is 5.58. The number of aliphatic hydroxyl groups excluding tert-OH is 1. The summed E-state index contributed by atoms with van der Waals surface area (Å²) in [4.78, 5) is 27.4. The van der Waals surface area contributed by atoms with Crippen molar-refractivity contribution in [2.75, 3.05) is 6.54 Å². The Balaban J connectivity index is 1.79. The molecule has 2 N–H and O–H groups in total. The molecule has 1 aliphatic rings. The quantitative estimate of drug-likeness (QED) is 0.347. The van der Waals surface area contributed by atoms with Crippen LogP contribution in [0, 0.1) is 0 Å². The van der Waals surface area contributed by atoms with E-state index in [0.29, 0.717) is 22.6 Å². The first-order chi connectivity index (χ1) is 15.0. The van der Waals surface area contributed by atoms with E-state index in [1.165, 1.54) is 17.0 Å². The highest BCUT2D eigenvalue weighted by Crippen LogP contribution is 2.40. The number of phenols is 1. The first-order valence-corrected chi connectivity index (χ1v) is 10.2. The lowest BCUT2D eigenvalue weighted by Crippen LogP contribution is -2.31. The van der Waals surface area contributed by atoms with E-state index in [4.69, 9.17) is 11.6 Å². The second kappa shape index (κ2) is 8.66. The molecule has 6 heteroatoms. The molecular weight excluding hydrogens is 414 g/mol. The van der Waals surface area contributed by atoms with Gasteiger partial charge in [-0.25, -0.2) is 0 Å². The van der Waals surface area contributed by atoms with Crippen LogP contribution in [-0.2, 0) is 16.0 Å². The average molecular weight is 434 g/mol. The monoisotopic (exact) mass is 433 g/mol. The van der Waals surface area contributed by atoms with Gasteiger partial charge in [-0.2, -0.15) is 0 Å². The summed E-state index contributed by atoms with van der Waals surface area (Å²) >= 11 is 5.94. The molecule has 1 unspecified atom stereocenters. The molecule has 1 saturated heterocycles. The van der Waals surface area contributed by atoms with Gasteiger partial charge in [-0.05, 0) is 53.9 Å². The van der Waals surface area contributed by atoms with Gasteiger partial charge >= 0.3 is 0 Å². The van der Waals surface area contributed by atoms with Crippen molar-refractivity contribution in [1.82, 2.24) is 4.90 Å². The predicted octanol–water partition coefficient (Wildman–Crippen LogP) is 4.71. The van der Waals surface area contributed by atoms with Crippen LogP contribution in [0.15, 0.2) is 84.4 Å². The molecule has 0 saturated carbocycles. The van der Waals surface area contributed by atoms with Gasteiger partial charge in [0, 0.05) is 17.1 Å². The van der Waals surface area contributed by atoms with E-state index in [1.807, 2.05) is 30.3 Å². The summed E-state index contributed by atoms with van der Waals surface area (Å²) in [6.45, 7) is 0.284. The van der Waals surface area contributed by atoms with Gasteiger partial charge < -0.3 is 15.1 Å². The number of benzene rings is 3. The van der Waals surface area contributed by atoms with Crippen molar-refractivity contribution < 1.29 is 19.8 Å². The molecule has 3 aromatic carbocycles. The molecule has 1 atom stereocenters. The number of amides is 1. The first-order valence-electron chi connectivity index (χ1n) is 9.83. The maximum Gasteiger partial charge on any atom is 0.295 e. The van der Waals surface area contributed by atoms with E-state index in [9.17, 15) is 19.8 Å². The Labute approximate surface area is 184 Å². The van der Waals surface area contributed by atoms with Crippen molar-refractivity contribution in [3.05, 3.63) is 106 Å².